The van der Waals surface area contributed by atoms with Crippen LogP contribution in [0.5, 0.6) is 5.75 Å². The van der Waals surface area contributed by atoms with Gasteiger partial charge in [0.2, 0.25) is 0 Å². The summed E-state index contributed by atoms with van der Waals surface area (Å²) in [6, 6.07) is 26.5. The summed E-state index contributed by atoms with van der Waals surface area (Å²) in [6.45, 7) is 10.8. The largest absolute Gasteiger partial charge is 0.508 e. The number of hydrogen-bond acceptors (Lipinski definition) is 8. The number of hydrogen-bond donors (Lipinski definition) is 3. The lowest BCUT2D eigenvalue weighted by atomic mass is 9.92. The van der Waals surface area contributed by atoms with E-state index in [9.17, 15) is 9.90 Å². The van der Waals surface area contributed by atoms with E-state index in [0.29, 0.717) is 34.4 Å². The van der Waals surface area contributed by atoms with Crippen molar-refractivity contribution >= 4 is 40.9 Å². The second kappa shape index (κ2) is 14.8. The summed E-state index contributed by atoms with van der Waals surface area (Å²) in [6.07, 6.45) is 1.94. The molecule has 0 saturated carbocycles. The molecule has 1 fully saturated rings. The third-order valence-electron chi connectivity index (χ3n) is 8.59. The summed E-state index contributed by atoms with van der Waals surface area (Å²) in [5, 5.41) is 30.2. The van der Waals surface area contributed by atoms with Gasteiger partial charge in [-0.15, -0.1) is 10.2 Å². The molecule has 51 heavy (non-hydrogen) atoms. The minimum absolute atomic E-state index is 0.0925. The molecule has 3 N–H and O–H groups in total. The Morgan fingerprint density at radius 2 is 1.80 bits per heavy atom. The van der Waals surface area contributed by atoms with Gasteiger partial charge in [-0.25, -0.2) is 9.48 Å². The van der Waals surface area contributed by atoms with Gasteiger partial charge in [-0.3, -0.25) is 14.6 Å². The van der Waals surface area contributed by atoms with Crippen molar-refractivity contribution in [2.45, 2.75) is 49.1 Å². The first-order valence-electron chi connectivity index (χ1n) is 16.7. The molecule has 1 aliphatic rings. The fraction of sp³-hybridized carbons (Fsp3) is 0.263. The Morgan fingerprint density at radius 1 is 0.980 bits per heavy atom. The van der Waals surface area contributed by atoms with Crippen LogP contribution in [0.3, 0.4) is 0 Å². The third-order valence-corrected chi connectivity index (χ3v) is 10.0. The van der Waals surface area contributed by atoms with Crippen molar-refractivity contribution in [2.75, 3.05) is 31.6 Å². The number of ether oxygens (including phenoxy) is 1. The van der Waals surface area contributed by atoms with Gasteiger partial charge in [-0.1, -0.05) is 74.5 Å². The highest BCUT2D eigenvalue weighted by Crippen LogP contribution is 2.34. The Morgan fingerprint density at radius 3 is 2.63 bits per heavy atom. The number of halogens is 1. The van der Waals surface area contributed by atoms with Crippen molar-refractivity contribution in [3.63, 3.8) is 0 Å². The monoisotopic (exact) mass is 722 g/mol. The first-order valence-corrected chi connectivity index (χ1v) is 17.9. The molecule has 0 atom stereocenters. The average molecular weight is 723 g/mol. The number of benzene rings is 3. The second-order valence-electron chi connectivity index (χ2n) is 13.4. The average Bonchev–Trinajstić information content (AvgIpc) is 3.74. The molecule has 11 nitrogen and oxygen atoms in total. The van der Waals surface area contributed by atoms with Gasteiger partial charge in [-0.05, 0) is 59.7 Å². The summed E-state index contributed by atoms with van der Waals surface area (Å²) in [5.74, 6) is 1.21. The maximum absolute atomic E-state index is 13.4. The topological polar surface area (TPSA) is 122 Å². The van der Waals surface area contributed by atoms with Crippen LogP contribution in [0.15, 0.2) is 101 Å². The van der Waals surface area contributed by atoms with Crippen LogP contribution < -0.4 is 10.6 Å². The maximum atomic E-state index is 13.4. The number of phenols is 1. The number of carbonyl (C=O) groups is 1. The summed E-state index contributed by atoms with van der Waals surface area (Å²) in [7, 11) is 0. The number of anilines is 1. The van der Waals surface area contributed by atoms with E-state index in [2.05, 4.69) is 58.6 Å². The molecule has 0 aliphatic carbocycles. The molecule has 2 amide bonds. The number of amides is 2. The van der Waals surface area contributed by atoms with Crippen molar-refractivity contribution < 1.29 is 14.6 Å². The van der Waals surface area contributed by atoms with E-state index >= 15 is 0 Å². The molecule has 13 heteroatoms. The number of phenolic OH excluding ortho intramolecular Hbond substituents is 1. The van der Waals surface area contributed by atoms with Crippen LogP contribution in [-0.2, 0) is 23.2 Å². The molecule has 1 aliphatic heterocycles. The van der Waals surface area contributed by atoms with Crippen LogP contribution in [0, 0.1) is 0 Å². The van der Waals surface area contributed by atoms with Crippen LogP contribution >= 0.6 is 23.4 Å². The standard InChI is InChI=1S/C38H39ClN8O3S/c1-38(2,3)33-21-35(47(44-33)27-9-6-7-25(19-27)23-45-15-17-50-18-16-45)41-37(49)40-22-26-8-4-5-10-32(26)51-29-12-14-34-42-43-36(46(34)24-29)30-20-28(48)11-13-31(30)39/h4-14,19-21,24,48H,15-18,22-23H2,1-3H3,(H2,40,41,49). The molecule has 0 spiro atoms. The van der Waals surface area contributed by atoms with E-state index in [1.807, 2.05) is 69.9 Å². The summed E-state index contributed by atoms with van der Waals surface area (Å²) in [4.78, 5) is 17.7. The quantitative estimate of drug-likeness (QED) is 0.140. The van der Waals surface area contributed by atoms with Crippen LogP contribution in [0.4, 0.5) is 10.6 Å². The minimum atomic E-state index is -0.334. The van der Waals surface area contributed by atoms with Crippen LogP contribution in [0.1, 0.15) is 37.6 Å². The number of carbonyl (C=O) groups excluding carboxylic acids is 1. The number of fused-ring (bicyclic) bond motifs is 1. The maximum Gasteiger partial charge on any atom is 0.320 e. The van der Waals surface area contributed by atoms with Gasteiger partial charge < -0.3 is 15.2 Å². The van der Waals surface area contributed by atoms with E-state index < -0.39 is 0 Å². The summed E-state index contributed by atoms with van der Waals surface area (Å²) < 4.78 is 9.18. The van der Waals surface area contributed by atoms with Gasteiger partial charge in [0.1, 0.15) is 11.6 Å². The van der Waals surface area contributed by atoms with Crippen molar-refractivity contribution in [1.82, 2.24) is 34.6 Å². The second-order valence-corrected chi connectivity index (χ2v) is 15.0. The number of nitrogens with zero attached hydrogens (tertiary/aromatic N) is 6. The zero-order chi connectivity index (χ0) is 35.5. The van der Waals surface area contributed by atoms with E-state index in [0.717, 1.165) is 59.6 Å². The number of rotatable bonds is 9. The Balaban J connectivity index is 1.07. The predicted octanol–water partition coefficient (Wildman–Crippen LogP) is 7.54. The first-order chi connectivity index (χ1) is 24.6. The van der Waals surface area contributed by atoms with Crippen molar-refractivity contribution in [1.29, 1.82) is 0 Å². The van der Waals surface area contributed by atoms with Gasteiger partial charge >= 0.3 is 6.03 Å². The molecule has 262 valence electrons. The Labute approximate surface area is 305 Å². The molecule has 1 saturated heterocycles. The van der Waals surface area contributed by atoms with E-state index in [1.54, 1.807) is 23.9 Å². The van der Waals surface area contributed by atoms with Crippen LogP contribution in [-0.4, -0.2) is 66.7 Å². The highest BCUT2D eigenvalue weighted by molar-refractivity contribution is 7.99. The molecular formula is C38H39ClN8O3S. The Kier molecular flexibility index (Phi) is 10.0. The number of aromatic nitrogens is 5. The smallest absolute Gasteiger partial charge is 0.320 e. The fourth-order valence-corrected chi connectivity index (χ4v) is 7.02. The predicted molar refractivity (Wildman–Crippen MR) is 200 cm³/mol. The first kappa shape index (κ1) is 34.6. The van der Waals surface area contributed by atoms with Gasteiger partial charge in [0, 0.05) is 59.2 Å². The fourth-order valence-electron chi connectivity index (χ4n) is 5.85. The lowest BCUT2D eigenvalue weighted by Crippen LogP contribution is -2.35. The van der Waals surface area contributed by atoms with Gasteiger partial charge in [0.05, 0.1) is 29.6 Å². The highest BCUT2D eigenvalue weighted by atomic mass is 35.5. The lowest BCUT2D eigenvalue weighted by Gasteiger charge is -2.26. The van der Waals surface area contributed by atoms with Gasteiger partial charge in [-0.2, -0.15) is 5.10 Å². The van der Waals surface area contributed by atoms with Crippen LogP contribution in [0.2, 0.25) is 5.02 Å². The Bertz CT molecular complexity index is 2190. The molecule has 7 rings (SSSR count). The van der Waals surface area contributed by atoms with Crippen molar-refractivity contribution in [3.05, 3.63) is 113 Å². The van der Waals surface area contributed by atoms with E-state index in [1.165, 1.54) is 11.6 Å². The lowest BCUT2D eigenvalue weighted by molar-refractivity contribution is 0.0342. The summed E-state index contributed by atoms with van der Waals surface area (Å²) in [5.41, 5.74) is 4.90. The number of pyridine rings is 1. The molecule has 0 radical (unpaired) electrons. The highest BCUT2D eigenvalue weighted by Gasteiger charge is 2.22. The zero-order valence-electron chi connectivity index (χ0n) is 28.6. The zero-order valence-corrected chi connectivity index (χ0v) is 30.2. The minimum Gasteiger partial charge on any atom is -0.508 e. The molecule has 0 unspecified atom stereocenters. The molecule has 0 bridgehead atoms. The number of urea groups is 1. The molecule has 3 aromatic carbocycles. The molecule has 6 aromatic rings. The number of aromatic hydroxyl groups is 1. The molecule has 4 heterocycles. The van der Waals surface area contributed by atoms with Gasteiger partial charge in [0.15, 0.2) is 11.5 Å². The van der Waals surface area contributed by atoms with Crippen molar-refractivity contribution in [2.24, 2.45) is 0 Å². The van der Waals surface area contributed by atoms with Gasteiger partial charge in [0.25, 0.3) is 0 Å². The van der Waals surface area contributed by atoms with E-state index in [4.69, 9.17) is 21.4 Å². The number of nitrogens with one attached hydrogen (secondary N) is 2. The van der Waals surface area contributed by atoms with Crippen LogP contribution in [0.25, 0.3) is 22.7 Å². The Hall–Kier alpha value is -4.88. The summed E-state index contributed by atoms with van der Waals surface area (Å²) >= 11 is 8.01. The SMILES string of the molecule is CC(C)(C)c1cc(NC(=O)NCc2ccccc2Sc2ccc3nnc(-c4cc(O)ccc4Cl)n3c2)n(-c2cccc(CN3CCOCC3)c2)n1. The normalized spacial score (nSPS) is 13.8. The third kappa shape index (κ3) is 8.04. The van der Waals surface area contributed by atoms with Crippen molar-refractivity contribution in [3.8, 4) is 22.8 Å². The molecule has 3 aromatic heterocycles. The molecular weight excluding hydrogens is 684 g/mol. The van der Waals surface area contributed by atoms with E-state index in [-0.39, 0.29) is 17.2 Å². The number of morpholine rings is 1.